The maximum Gasteiger partial charge on any atom is 0.341 e. The summed E-state index contributed by atoms with van der Waals surface area (Å²) in [6, 6.07) is 4.94. The van der Waals surface area contributed by atoms with Gasteiger partial charge in [0.05, 0.1) is 14.2 Å². The normalized spacial score (nSPS) is 9.56. The van der Waals surface area contributed by atoms with Gasteiger partial charge in [-0.3, -0.25) is 0 Å². The number of hydrogen-bond acceptors (Lipinski definition) is 5. The van der Waals surface area contributed by atoms with Gasteiger partial charge >= 0.3 is 5.97 Å². The number of esters is 1. The summed E-state index contributed by atoms with van der Waals surface area (Å²) in [5.41, 5.74) is 0.265. The Morgan fingerprint density at radius 1 is 1.28 bits per heavy atom. The molecule has 18 heavy (non-hydrogen) atoms. The van der Waals surface area contributed by atoms with Gasteiger partial charge in [-0.2, -0.15) is 0 Å². The minimum absolute atomic E-state index is 0.227. The number of para-hydroxylation sites is 1. The molecule has 0 aromatic heterocycles. The van der Waals surface area contributed by atoms with Gasteiger partial charge in [-0.1, -0.05) is 6.07 Å². The zero-order chi connectivity index (χ0) is 13.7. The van der Waals surface area contributed by atoms with Gasteiger partial charge in [-0.05, 0) is 24.4 Å². The first-order valence-electron chi connectivity index (χ1n) is 5.15. The molecule has 1 aromatic carbocycles. The van der Waals surface area contributed by atoms with E-state index in [-0.39, 0.29) is 16.5 Å². The number of carbonyl (C=O) groups is 1. The van der Waals surface area contributed by atoms with Crippen LogP contribution in [0.2, 0.25) is 0 Å². The molecule has 0 radical (unpaired) electrons. The van der Waals surface area contributed by atoms with Crippen LogP contribution in [-0.2, 0) is 4.74 Å². The standard InChI is InChI=1S/C12H15NO4S/c1-13(2)12(18)17-10-8(11(14)16-4)6-5-7-9(10)15-3/h5-7H,1-4H3. The van der Waals surface area contributed by atoms with E-state index in [0.29, 0.717) is 5.75 Å². The molecule has 0 saturated heterocycles. The van der Waals surface area contributed by atoms with Crippen LogP contribution in [0.1, 0.15) is 10.4 Å². The quantitative estimate of drug-likeness (QED) is 0.615. The van der Waals surface area contributed by atoms with Crippen molar-refractivity contribution in [1.82, 2.24) is 4.90 Å². The van der Waals surface area contributed by atoms with Gasteiger partial charge in [0.2, 0.25) is 0 Å². The van der Waals surface area contributed by atoms with Gasteiger partial charge in [0.15, 0.2) is 11.5 Å². The Morgan fingerprint density at radius 3 is 2.44 bits per heavy atom. The van der Waals surface area contributed by atoms with Crippen molar-refractivity contribution in [2.75, 3.05) is 28.3 Å². The molecular weight excluding hydrogens is 254 g/mol. The zero-order valence-electron chi connectivity index (χ0n) is 10.7. The number of carbonyl (C=O) groups excluding carboxylic acids is 1. The molecule has 0 heterocycles. The van der Waals surface area contributed by atoms with E-state index in [0.717, 1.165) is 0 Å². The largest absolute Gasteiger partial charge is 0.493 e. The molecule has 0 fully saturated rings. The number of ether oxygens (including phenoxy) is 3. The lowest BCUT2D eigenvalue weighted by molar-refractivity contribution is 0.0597. The Kier molecular flexibility index (Phi) is 4.91. The Morgan fingerprint density at radius 2 is 1.94 bits per heavy atom. The summed E-state index contributed by atoms with van der Waals surface area (Å²) in [7, 11) is 6.28. The smallest absolute Gasteiger partial charge is 0.341 e. The monoisotopic (exact) mass is 269 g/mol. The number of benzene rings is 1. The number of hydrogen-bond donors (Lipinski definition) is 0. The Hall–Kier alpha value is -1.82. The van der Waals surface area contributed by atoms with E-state index in [1.54, 1.807) is 37.2 Å². The zero-order valence-corrected chi connectivity index (χ0v) is 11.5. The van der Waals surface area contributed by atoms with Crippen LogP contribution in [0.15, 0.2) is 18.2 Å². The lowest BCUT2D eigenvalue weighted by atomic mass is 10.2. The molecule has 0 amide bonds. The number of thiocarbonyl (C=S) groups is 1. The van der Waals surface area contributed by atoms with Crippen LogP contribution >= 0.6 is 12.2 Å². The molecular formula is C12H15NO4S. The SMILES string of the molecule is COC(=O)c1cccc(OC)c1OC(=S)N(C)C. The van der Waals surface area contributed by atoms with Crippen molar-refractivity contribution in [3.8, 4) is 11.5 Å². The van der Waals surface area contributed by atoms with E-state index in [1.165, 1.54) is 14.2 Å². The van der Waals surface area contributed by atoms with Crippen LogP contribution in [-0.4, -0.2) is 44.4 Å². The van der Waals surface area contributed by atoms with Crippen molar-refractivity contribution in [2.24, 2.45) is 0 Å². The maximum atomic E-state index is 11.6. The first-order chi connectivity index (χ1) is 8.51. The molecule has 0 atom stereocenters. The summed E-state index contributed by atoms with van der Waals surface area (Å²) in [6.45, 7) is 0. The second kappa shape index (κ2) is 6.20. The highest BCUT2D eigenvalue weighted by Crippen LogP contribution is 2.31. The molecule has 0 unspecified atom stereocenters. The minimum Gasteiger partial charge on any atom is -0.493 e. The van der Waals surface area contributed by atoms with E-state index in [9.17, 15) is 4.79 Å². The van der Waals surface area contributed by atoms with Crippen molar-refractivity contribution in [3.63, 3.8) is 0 Å². The molecule has 0 aliphatic carbocycles. The van der Waals surface area contributed by atoms with Crippen LogP contribution in [0, 0.1) is 0 Å². The Labute approximate surface area is 111 Å². The molecule has 1 aromatic rings. The molecule has 0 N–H and O–H groups in total. The number of nitrogens with zero attached hydrogens (tertiary/aromatic N) is 1. The average Bonchev–Trinajstić information content (AvgIpc) is 2.37. The highest BCUT2D eigenvalue weighted by molar-refractivity contribution is 7.80. The van der Waals surface area contributed by atoms with Gasteiger partial charge in [-0.25, -0.2) is 4.79 Å². The van der Waals surface area contributed by atoms with Crippen LogP contribution in [0.4, 0.5) is 0 Å². The third-order valence-electron chi connectivity index (χ3n) is 2.16. The molecule has 0 saturated carbocycles. The van der Waals surface area contributed by atoms with E-state index in [1.807, 2.05) is 0 Å². The van der Waals surface area contributed by atoms with Gasteiger partial charge in [-0.15, -0.1) is 0 Å². The highest BCUT2D eigenvalue weighted by atomic mass is 32.1. The lowest BCUT2D eigenvalue weighted by Crippen LogP contribution is -2.26. The van der Waals surface area contributed by atoms with Gasteiger partial charge < -0.3 is 19.1 Å². The Bertz CT molecular complexity index is 459. The molecule has 0 bridgehead atoms. The second-order valence-electron chi connectivity index (χ2n) is 3.59. The summed E-state index contributed by atoms with van der Waals surface area (Å²) in [5.74, 6) is 0.165. The first-order valence-corrected chi connectivity index (χ1v) is 5.56. The minimum atomic E-state index is -0.509. The van der Waals surface area contributed by atoms with Gasteiger partial charge in [0, 0.05) is 14.1 Å². The van der Waals surface area contributed by atoms with Crippen LogP contribution < -0.4 is 9.47 Å². The van der Waals surface area contributed by atoms with E-state index in [4.69, 9.17) is 21.7 Å². The number of methoxy groups -OCH3 is 2. The molecule has 5 nitrogen and oxygen atoms in total. The van der Waals surface area contributed by atoms with Crippen LogP contribution in [0.5, 0.6) is 11.5 Å². The van der Waals surface area contributed by atoms with Gasteiger partial charge in [0.1, 0.15) is 5.56 Å². The average molecular weight is 269 g/mol. The fourth-order valence-corrected chi connectivity index (χ4v) is 1.31. The first kappa shape index (κ1) is 14.2. The third kappa shape index (κ3) is 3.10. The molecule has 1 rings (SSSR count). The van der Waals surface area contributed by atoms with Crippen molar-refractivity contribution in [2.45, 2.75) is 0 Å². The summed E-state index contributed by atoms with van der Waals surface area (Å²) < 4.78 is 15.3. The fourth-order valence-electron chi connectivity index (χ4n) is 1.23. The third-order valence-corrected chi connectivity index (χ3v) is 2.61. The molecule has 98 valence electrons. The van der Waals surface area contributed by atoms with Gasteiger partial charge in [0.25, 0.3) is 5.17 Å². The predicted molar refractivity (Wildman–Crippen MR) is 71.2 cm³/mol. The van der Waals surface area contributed by atoms with Crippen LogP contribution in [0.25, 0.3) is 0 Å². The van der Waals surface area contributed by atoms with Crippen molar-refractivity contribution >= 4 is 23.4 Å². The topological polar surface area (TPSA) is 48.0 Å². The van der Waals surface area contributed by atoms with E-state index >= 15 is 0 Å². The molecule has 0 spiro atoms. The van der Waals surface area contributed by atoms with E-state index in [2.05, 4.69) is 4.74 Å². The van der Waals surface area contributed by atoms with Crippen molar-refractivity contribution in [3.05, 3.63) is 23.8 Å². The molecule has 0 aliphatic heterocycles. The predicted octanol–water partition coefficient (Wildman–Crippen LogP) is 1.71. The second-order valence-corrected chi connectivity index (χ2v) is 3.94. The van der Waals surface area contributed by atoms with E-state index < -0.39 is 5.97 Å². The summed E-state index contributed by atoms with van der Waals surface area (Å²) in [4.78, 5) is 13.3. The fraction of sp³-hybridized carbons (Fsp3) is 0.333. The summed E-state index contributed by atoms with van der Waals surface area (Å²) in [6.07, 6.45) is 0. The summed E-state index contributed by atoms with van der Waals surface area (Å²) in [5, 5.41) is 0.227. The van der Waals surface area contributed by atoms with Crippen molar-refractivity contribution in [1.29, 1.82) is 0 Å². The molecule has 6 heteroatoms. The van der Waals surface area contributed by atoms with Crippen molar-refractivity contribution < 1.29 is 19.0 Å². The Balaban J connectivity index is 3.20. The van der Waals surface area contributed by atoms with Crippen LogP contribution in [0.3, 0.4) is 0 Å². The highest BCUT2D eigenvalue weighted by Gasteiger charge is 2.19. The number of rotatable bonds is 3. The molecule has 0 aliphatic rings. The summed E-state index contributed by atoms with van der Waals surface area (Å²) >= 11 is 5.05. The lowest BCUT2D eigenvalue weighted by Gasteiger charge is -2.17. The maximum absolute atomic E-state index is 11.6.